The van der Waals surface area contributed by atoms with Crippen LogP contribution < -0.4 is 5.73 Å². The minimum atomic E-state index is -0.0442. The van der Waals surface area contributed by atoms with Gasteiger partial charge in [0.15, 0.2) is 0 Å². The van der Waals surface area contributed by atoms with Crippen molar-refractivity contribution in [1.82, 2.24) is 0 Å². The quantitative estimate of drug-likeness (QED) is 0.842. The molecule has 0 radical (unpaired) electrons. The topological polar surface area (TPSA) is 44.5 Å². The Bertz CT molecular complexity index is 344. The number of aryl methyl sites for hydroxylation is 1. The zero-order valence-corrected chi connectivity index (χ0v) is 11.1. The van der Waals surface area contributed by atoms with Crippen LogP contribution in [-0.4, -0.2) is 25.9 Å². The van der Waals surface area contributed by atoms with Gasteiger partial charge in [0.05, 0.1) is 25.4 Å². The molecule has 1 aliphatic heterocycles. The van der Waals surface area contributed by atoms with Crippen molar-refractivity contribution in [2.45, 2.75) is 38.3 Å². The van der Waals surface area contributed by atoms with Crippen LogP contribution in [0, 0.1) is 0 Å². The van der Waals surface area contributed by atoms with Crippen molar-refractivity contribution in [3.63, 3.8) is 0 Å². The van der Waals surface area contributed by atoms with Gasteiger partial charge in [0.25, 0.3) is 0 Å². The van der Waals surface area contributed by atoms with Gasteiger partial charge in [-0.3, -0.25) is 0 Å². The lowest BCUT2D eigenvalue weighted by Crippen LogP contribution is -2.21. The molecular weight excluding hydrogens is 226 g/mol. The van der Waals surface area contributed by atoms with Crippen molar-refractivity contribution < 1.29 is 9.47 Å². The third-order valence-corrected chi connectivity index (χ3v) is 3.44. The molecule has 1 fully saturated rings. The van der Waals surface area contributed by atoms with E-state index in [0.717, 1.165) is 31.4 Å². The van der Waals surface area contributed by atoms with E-state index >= 15 is 0 Å². The minimum Gasteiger partial charge on any atom is -0.377 e. The molecule has 0 saturated carbocycles. The highest BCUT2D eigenvalue weighted by Gasteiger charge is 2.16. The summed E-state index contributed by atoms with van der Waals surface area (Å²) < 4.78 is 11.1. The summed E-state index contributed by atoms with van der Waals surface area (Å²) in [5.74, 6) is 0. The Morgan fingerprint density at radius 3 is 2.78 bits per heavy atom. The van der Waals surface area contributed by atoms with Crippen LogP contribution in [0.1, 0.15) is 36.9 Å². The molecule has 1 saturated heterocycles. The van der Waals surface area contributed by atoms with Gasteiger partial charge in [0, 0.05) is 6.61 Å². The minimum absolute atomic E-state index is 0.0442. The van der Waals surface area contributed by atoms with Crippen molar-refractivity contribution in [2.75, 3.05) is 19.8 Å². The van der Waals surface area contributed by atoms with Gasteiger partial charge in [-0.05, 0) is 30.4 Å². The van der Waals surface area contributed by atoms with Gasteiger partial charge < -0.3 is 15.2 Å². The van der Waals surface area contributed by atoms with Crippen LogP contribution in [-0.2, 0) is 15.9 Å². The number of ether oxygens (including phenoxy) is 2. The summed E-state index contributed by atoms with van der Waals surface area (Å²) >= 11 is 0. The largest absolute Gasteiger partial charge is 0.377 e. The van der Waals surface area contributed by atoms with E-state index in [9.17, 15) is 0 Å². The molecular formula is C15H23NO2. The Balaban J connectivity index is 1.74. The van der Waals surface area contributed by atoms with E-state index in [0.29, 0.717) is 13.2 Å². The van der Waals surface area contributed by atoms with E-state index in [1.807, 2.05) is 0 Å². The zero-order chi connectivity index (χ0) is 12.8. The van der Waals surface area contributed by atoms with Gasteiger partial charge in [-0.25, -0.2) is 0 Å². The average Bonchev–Trinajstić information content (AvgIpc) is 2.92. The fourth-order valence-corrected chi connectivity index (χ4v) is 2.20. The summed E-state index contributed by atoms with van der Waals surface area (Å²) in [5.41, 5.74) is 8.58. The van der Waals surface area contributed by atoms with Crippen molar-refractivity contribution in [3.05, 3.63) is 35.4 Å². The van der Waals surface area contributed by atoms with Crippen LogP contribution >= 0.6 is 0 Å². The van der Waals surface area contributed by atoms with Crippen molar-refractivity contribution in [2.24, 2.45) is 5.73 Å². The maximum atomic E-state index is 6.11. The van der Waals surface area contributed by atoms with E-state index in [2.05, 4.69) is 31.2 Å². The molecule has 0 bridgehead atoms. The molecule has 100 valence electrons. The summed E-state index contributed by atoms with van der Waals surface area (Å²) in [6, 6.07) is 8.42. The fraction of sp³-hybridized carbons (Fsp3) is 0.600. The lowest BCUT2D eigenvalue weighted by Gasteiger charge is -2.15. The first-order chi connectivity index (χ1) is 8.79. The molecule has 1 aromatic rings. The molecule has 0 amide bonds. The third-order valence-electron chi connectivity index (χ3n) is 3.44. The van der Waals surface area contributed by atoms with Crippen LogP contribution in [0.4, 0.5) is 0 Å². The summed E-state index contributed by atoms with van der Waals surface area (Å²) in [6.45, 7) is 4.25. The third kappa shape index (κ3) is 3.80. The molecule has 0 aliphatic carbocycles. The zero-order valence-electron chi connectivity index (χ0n) is 11.1. The first kappa shape index (κ1) is 13.5. The van der Waals surface area contributed by atoms with Crippen LogP contribution in [0.3, 0.4) is 0 Å². The normalized spacial score (nSPS) is 21.1. The van der Waals surface area contributed by atoms with E-state index in [-0.39, 0.29) is 12.1 Å². The van der Waals surface area contributed by atoms with Gasteiger partial charge in [-0.2, -0.15) is 0 Å². The van der Waals surface area contributed by atoms with Crippen molar-refractivity contribution in [1.29, 1.82) is 0 Å². The molecule has 1 aliphatic rings. The molecule has 3 nitrogen and oxygen atoms in total. The van der Waals surface area contributed by atoms with Crippen LogP contribution in [0.2, 0.25) is 0 Å². The lowest BCUT2D eigenvalue weighted by molar-refractivity contribution is 0.0129. The SMILES string of the molecule is CCc1ccc(C(N)COCC2CCCO2)cc1. The van der Waals surface area contributed by atoms with Gasteiger partial charge in [0.1, 0.15) is 0 Å². The molecule has 0 spiro atoms. The Kier molecular flexibility index (Phi) is 5.17. The second-order valence-corrected chi connectivity index (χ2v) is 4.87. The number of hydrogen-bond donors (Lipinski definition) is 1. The highest BCUT2D eigenvalue weighted by molar-refractivity contribution is 5.24. The van der Waals surface area contributed by atoms with E-state index in [4.69, 9.17) is 15.2 Å². The molecule has 18 heavy (non-hydrogen) atoms. The predicted molar refractivity (Wildman–Crippen MR) is 72.5 cm³/mol. The predicted octanol–water partition coefficient (Wildman–Crippen LogP) is 2.44. The van der Waals surface area contributed by atoms with Crippen LogP contribution in [0.5, 0.6) is 0 Å². The molecule has 1 heterocycles. The second-order valence-electron chi connectivity index (χ2n) is 4.87. The number of nitrogens with two attached hydrogens (primary N) is 1. The van der Waals surface area contributed by atoms with Gasteiger partial charge in [0.2, 0.25) is 0 Å². The summed E-state index contributed by atoms with van der Waals surface area (Å²) in [6.07, 6.45) is 3.60. The summed E-state index contributed by atoms with van der Waals surface area (Å²) in [4.78, 5) is 0. The first-order valence-electron chi connectivity index (χ1n) is 6.83. The fourth-order valence-electron chi connectivity index (χ4n) is 2.20. The first-order valence-corrected chi connectivity index (χ1v) is 6.83. The Morgan fingerprint density at radius 1 is 1.39 bits per heavy atom. The number of benzene rings is 1. The Labute approximate surface area is 109 Å². The number of rotatable bonds is 6. The van der Waals surface area contributed by atoms with E-state index in [1.165, 1.54) is 5.56 Å². The summed E-state index contributed by atoms with van der Waals surface area (Å²) in [7, 11) is 0. The van der Waals surface area contributed by atoms with E-state index < -0.39 is 0 Å². The van der Waals surface area contributed by atoms with Crippen molar-refractivity contribution >= 4 is 0 Å². The standard InChI is InChI=1S/C15H23NO2/c1-2-12-5-7-13(8-6-12)15(16)11-17-10-14-4-3-9-18-14/h5-8,14-15H,2-4,9-11,16H2,1H3. The lowest BCUT2D eigenvalue weighted by atomic mass is 10.1. The highest BCUT2D eigenvalue weighted by Crippen LogP contribution is 2.15. The highest BCUT2D eigenvalue weighted by atomic mass is 16.5. The van der Waals surface area contributed by atoms with Gasteiger partial charge in [-0.15, -0.1) is 0 Å². The van der Waals surface area contributed by atoms with Crippen LogP contribution in [0.15, 0.2) is 24.3 Å². The number of hydrogen-bond acceptors (Lipinski definition) is 3. The van der Waals surface area contributed by atoms with Crippen molar-refractivity contribution in [3.8, 4) is 0 Å². The van der Waals surface area contributed by atoms with Gasteiger partial charge in [-0.1, -0.05) is 31.2 Å². The van der Waals surface area contributed by atoms with E-state index in [1.54, 1.807) is 0 Å². The van der Waals surface area contributed by atoms with Crippen LogP contribution in [0.25, 0.3) is 0 Å². The molecule has 2 atom stereocenters. The Morgan fingerprint density at radius 2 is 2.17 bits per heavy atom. The molecule has 1 aromatic carbocycles. The monoisotopic (exact) mass is 249 g/mol. The second kappa shape index (κ2) is 6.88. The maximum absolute atomic E-state index is 6.11. The molecule has 2 N–H and O–H groups in total. The average molecular weight is 249 g/mol. The maximum Gasteiger partial charge on any atom is 0.0809 e. The summed E-state index contributed by atoms with van der Waals surface area (Å²) in [5, 5.41) is 0. The molecule has 0 aromatic heterocycles. The Hall–Kier alpha value is -0.900. The molecule has 2 rings (SSSR count). The smallest absolute Gasteiger partial charge is 0.0809 e. The molecule has 2 unspecified atom stereocenters. The van der Waals surface area contributed by atoms with Gasteiger partial charge >= 0.3 is 0 Å². The molecule has 3 heteroatoms.